The van der Waals surface area contributed by atoms with Gasteiger partial charge in [-0.15, -0.1) is 0 Å². The smallest absolute Gasteiger partial charge is 0.251 e. The van der Waals surface area contributed by atoms with Gasteiger partial charge in [-0.2, -0.15) is 4.39 Å². The molecule has 1 heterocycles. The van der Waals surface area contributed by atoms with Crippen molar-refractivity contribution in [2.24, 2.45) is 0 Å². The van der Waals surface area contributed by atoms with E-state index >= 15 is 0 Å². The summed E-state index contributed by atoms with van der Waals surface area (Å²) in [6.45, 7) is 0. The van der Waals surface area contributed by atoms with Crippen LogP contribution in [0.15, 0.2) is 48.7 Å². The molecule has 0 fully saturated rings. The Kier molecular flexibility index (Phi) is 5.41. The van der Waals surface area contributed by atoms with Crippen LogP contribution in [0.4, 0.5) is 4.39 Å². The predicted octanol–water partition coefficient (Wildman–Crippen LogP) is 2.17. The first kappa shape index (κ1) is 16.6. The molecule has 2 amide bonds. The van der Waals surface area contributed by atoms with E-state index in [-0.39, 0.29) is 17.9 Å². The first-order valence-electron chi connectivity index (χ1n) is 7.15. The second kappa shape index (κ2) is 7.49. The number of nitrogens with one attached hydrogen (secondary N) is 1. The molecule has 1 N–H and O–H groups in total. The third-order valence-corrected chi connectivity index (χ3v) is 3.37. The number of benzene rings is 1. The van der Waals surface area contributed by atoms with Crippen LogP contribution in [0.2, 0.25) is 0 Å². The zero-order valence-electron chi connectivity index (χ0n) is 13.0. The Morgan fingerprint density at radius 3 is 2.52 bits per heavy atom. The van der Waals surface area contributed by atoms with E-state index in [2.05, 4.69) is 10.3 Å². The molecule has 0 unspecified atom stereocenters. The van der Waals surface area contributed by atoms with Crippen molar-refractivity contribution < 1.29 is 14.0 Å². The molecule has 1 aromatic carbocycles. The molecule has 23 heavy (non-hydrogen) atoms. The van der Waals surface area contributed by atoms with E-state index in [1.54, 1.807) is 14.1 Å². The number of hydrogen-bond donors (Lipinski definition) is 1. The van der Waals surface area contributed by atoms with Crippen molar-refractivity contribution in [1.82, 2.24) is 15.2 Å². The van der Waals surface area contributed by atoms with Gasteiger partial charge in [0.1, 0.15) is 0 Å². The number of carbonyl (C=O) groups excluding carboxylic acids is 2. The minimum Gasteiger partial charge on any atom is -0.349 e. The molecule has 1 aromatic heterocycles. The van der Waals surface area contributed by atoms with Crippen molar-refractivity contribution in [3.63, 3.8) is 0 Å². The van der Waals surface area contributed by atoms with Crippen LogP contribution in [0.25, 0.3) is 0 Å². The van der Waals surface area contributed by atoms with Gasteiger partial charge in [0.25, 0.3) is 5.91 Å². The quantitative estimate of drug-likeness (QED) is 0.860. The highest BCUT2D eigenvalue weighted by Gasteiger charge is 2.20. The summed E-state index contributed by atoms with van der Waals surface area (Å²) in [5.41, 5.74) is 0.973. The van der Waals surface area contributed by atoms with Crippen molar-refractivity contribution >= 4 is 11.8 Å². The SMILES string of the molecule is CN(C)C(=O)C[C@H](NC(=O)c1ccnc(F)c1)c1ccccc1. The highest BCUT2D eigenvalue weighted by molar-refractivity contribution is 5.94. The van der Waals surface area contributed by atoms with Crippen molar-refractivity contribution in [2.75, 3.05) is 14.1 Å². The standard InChI is InChI=1S/C17H18FN3O2/c1-21(2)16(22)11-14(12-6-4-3-5-7-12)20-17(23)13-8-9-19-15(18)10-13/h3-10,14H,11H2,1-2H3,(H,20,23)/t14-/m0/s1. The fourth-order valence-electron chi connectivity index (χ4n) is 2.08. The second-order valence-electron chi connectivity index (χ2n) is 5.30. The van der Waals surface area contributed by atoms with Gasteiger partial charge < -0.3 is 10.2 Å². The lowest BCUT2D eigenvalue weighted by Crippen LogP contribution is -2.33. The first-order chi connectivity index (χ1) is 11.0. The number of aromatic nitrogens is 1. The van der Waals surface area contributed by atoms with Crippen LogP contribution >= 0.6 is 0 Å². The highest BCUT2D eigenvalue weighted by atomic mass is 19.1. The van der Waals surface area contributed by atoms with Crippen LogP contribution in [-0.2, 0) is 4.79 Å². The molecule has 2 rings (SSSR count). The van der Waals surface area contributed by atoms with Crippen molar-refractivity contribution in [3.05, 3.63) is 65.7 Å². The van der Waals surface area contributed by atoms with Crippen LogP contribution in [-0.4, -0.2) is 35.8 Å². The zero-order chi connectivity index (χ0) is 16.8. The molecular weight excluding hydrogens is 297 g/mol. The first-order valence-corrected chi connectivity index (χ1v) is 7.15. The number of hydrogen-bond acceptors (Lipinski definition) is 3. The maximum absolute atomic E-state index is 13.2. The summed E-state index contributed by atoms with van der Waals surface area (Å²) in [6.07, 6.45) is 1.35. The second-order valence-corrected chi connectivity index (χ2v) is 5.30. The summed E-state index contributed by atoms with van der Waals surface area (Å²) in [5, 5.41) is 2.78. The Morgan fingerprint density at radius 2 is 1.91 bits per heavy atom. The molecule has 0 aliphatic carbocycles. The van der Waals surface area contributed by atoms with Crippen LogP contribution in [0.5, 0.6) is 0 Å². The van der Waals surface area contributed by atoms with E-state index < -0.39 is 17.9 Å². The molecule has 2 aromatic rings. The molecule has 0 spiro atoms. The van der Waals surface area contributed by atoms with Crippen molar-refractivity contribution in [2.45, 2.75) is 12.5 Å². The maximum Gasteiger partial charge on any atom is 0.251 e. The minimum atomic E-state index is -0.724. The fraction of sp³-hybridized carbons (Fsp3) is 0.235. The van der Waals surface area contributed by atoms with E-state index in [1.165, 1.54) is 17.2 Å². The molecule has 6 heteroatoms. The number of rotatable bonds is 5. The van der Waals surface area contributed by atoms with Gasteiger partial charge in [0, 0.05) is 31.9 Å². The number of pyridine rings is 1. The van der Waals surface area contributed by atoms with Crippen LogP contribution in [0.1, 0.15) is 28.4 Å². The third kappa shape index (κ3) is 4.60. The van der Waals surface area contributed by atoms with Crippen LogP contribution < -0.4 is 5.32 Å². The van der Waals surface area contributed by atoms with Gasteiger partial charge in [-0.25, -0.2) is 4.98 Å². The summed E-state index contributed by atoms with van der Waals surface area (Å²) >= 11 is 0. The fourth-order valence-corrected chi connectivity index (χ4v) is 2.08. The highest BCUT2D eigenvalue weighted by Crippen LogP contribution is 2.18. The van der Waals surface area contributed by atoms with Gasteiger partial charge in [-0.05, 0) is 11.6 Å². The summed E-state index contributed by atoms with van der Waals surface area (Å²) in [5.74, 6) is -1.29. The molecule has 0 aliphatic rings. The molecule has 0 saturated heterocycles. The number of halogens is 1. The van der Waals surface area contributed by atoms with Gasteiger partial charge in [0.05, 0.1) is 12.5 Å². The molecule has 1 atom stereocenters. The molecule has 0 saturated carbocycles. The average Bonchev–Trinajstić information content (AvgIpc) is 2.54. The summed E-state index contributed by atoms with van der Waals surface area (Å²) in [7, 11) is 3.31. The van der Waals surface area contributed by atoms with Gasteiger partial charge >= 0.3 is 0 Å². The largest absolute Gasteiger partial charge is 0.349 e. The summed E-state index contributed by atoms with van der Waals surface area (Å²) in [6, 6.07) is 11.2. The number of carbonyl (C=O) groups is 2. The van der Waals surface area contributed by atoms with E-state index in [4.69, 9.17) is 0 Å². The normalized spacial score (nSPS) is 11.6. The Balaban J connectivity index is 2.20. The average molecular weight is 315 g/mol. The maximum atomic E-state index is 13.2. The lowest BCUT2D eigenvalue weighted by Gasteiger charge is -2.21. The van der Waals surface area contributed by atoms with Crippen molar-refractivity contribution in [1.29, 1.82) is 0 Å². The van der Waals surface area contributed by atoms with E-state index in [9.17, 15) is 14.0 Å². The Hall–Kier alpha value is -2.76. The molecule has 0 aliphatic heterocycles. The monoisotopic (exact) mass is 315 g/mol. The summed E-state index contributed by atoms with van der Waals surface area (Å²) < 4.78 is 13.2. The topological polar surface area (TPSA) is 62.3 Å². The molecule has 5 nitrogen and oxygen atoms in total. The Labute approximate surface area is 134 Å². The Bertz CT molecular complexity index is 689. The lowest BCUT2D eigenvalue weighted by molar-refractivity contribution is -0.129. The molecule has 0 bridgehead atoms. The number of amides is 2. The summed E-state index contributed by atoms with van der Waals surface area (Å²) in [4.78, 5) is 29.2. The Morgan fingerprint density at radius 1 is 1.22 bits per heavy atom. The van der Waals surface area contributed by atoms with Gasteiger partial charge in [0.15, 0.2) is 0 Å². The van der Waals surface area contributed by atoms with Crippen LogP contribution in [0.3, 0.4) is 0 Å². The lowest BCUT2D eigenvalue weighted by atomic mass is 10.0. The third-order valence-electron chi connectivity index (χ3n) is 3.37. The van der Waals surface area contributed by atoms with E-state index in [1.807, 2.05) is 30.3 Å². The molecule has 120 valence electrons. The van der Waals surface area contributed by atoms with Crippen LogP contribution in [0, 0.1) is 5.95 Å². The van der Waals surface area contributed by atoms with Gasteiger partial charge in [-0.1, -0.05) is 30.3 Å². The molecular formula is C17H18FN3O2. The van der Waals surface area contributed by atoms with Gasteiger partial charge in [0.2, 0.25) is 11.9 Å². The number of nitrogens with zero attached hydrogens (tertiary/aromatic N) is 2. The zero-order valence-corrected chi connectivity index (χ0v) is 13.0. The van der Waals surface area contributed by atoms with Crippen molar-refractivity contribution in [3.8, 4) is 0 Å². The van der Waals surface area contributed by atoms with Gasteiger partial charge in [-0.3, -0.25) is 9.59 Å². The minimum absolute atomic E-state index is 0.111. The van der Waals surface area contributed by atoms with E-state index in [0.717, 1.165) is 11.6 Å². The predicted molar refractivity (Wildman–Crippen MR) is 84.2 cm³/mol. The van der Waals surface area contributed by atoms with E-state index in [0.29, 0.717) is 0 Å². The molecule has 0 radical (unpaired) electrons.